The molecule has 6 nitrogen and oxygen atoms in total. The molecule has 2 rings (SSSR count). The van der Waals surface area contributed by atoms with Crippen LogP contribution in [-0.4, -0.2) is 55.2 Å². The number of anilines is 2. The van der Waals surface area contributed by atoms with Crippen molar-refractivity contribution in [1.29, 1.82) is 0 Å². The van der Waals surface area contributed by atoms with Crippen molar-refractivity contribution in [2.45, 2.75) is 19.8 Å². The number of nitrogen functional groups attached to an aromatic ring is 1. The number of nitrogens with two attached hydrogens (primary N) is 1. The van der Waals surface area contributed by atoms with Gasteiger partial charge in [0, 0.05) is 19.6 Å². The van der Waals surface area contributed by atoms with E-state index in [4.69, 9.17) is 10.5 Å². The van der Waals surface area contributed by atoms with Crippen LogP contribution in [0.5, 0.6) is 5.88 Å². The number of piperidine rings is 1. The first kappa shape index (κ1) is 14.8. The van der Waals surface area contributed by atoms with Crippen LogP contribution in [-0.2, 0) is 0 Å². The number of hydrogen-bond donors (Lipinski definition) is 1. The van der Waals surface area contributed by atoms with Crippen molar-refractivity contribution in [3.05, 3.63) is 6.33 Å². The minimum Gasteiger partial charge on any atom is -0.476 e. The molecule has 0 atom stereocenters. The maximum atomic E-state index is 6.12. The van der Waals surface area contributed by atoms with Gasteiger partial charge in [0.1, 0.15) is 12.0 Å². The van der Waals surface area contributed by atoms with E-state index in [1.54, 1.807) is 0 Å². The summed E-state index contributed by atoms with van der Waals surface area (Å²) in [4.78, 5) is 12.9. The van der Waals surface area contributed by atoms with Gasteiger partial charge in [-0.1, -0.05) is 0 Å². The molecule has 1 aromatic rings. The zero-order valence-electron chi connectivity index (χ0n) is 12.7. The van der Waals surface area contributed by atoms with E-state index >= 15 is 0 Å². The molecule has 2 N–H and O–H groups in total. The molecule has 1 fully saturated rings. The lowest BCUT2D eigenvalue weighted by molar-refractivity contribution is 0.284. The fourth-order valence-electron chi connectivity index (χ4n) is 2.72. The molecule has 1 aliphatic rings. The number of aromatic nitrogens is 2. The molecule has 0 spiro atoms. The van der Waals surface area contributed by atoms with E-state index in [1.807, 2.05) is 6.92 Å². The lowest BCUT2D eigenvalue weighted by Gasteiger charge is -2.34. The van der Waals surface area contributed by atoms with E-state index < -0.39 is 0 Å². The van der Waals surface area contributed by atoms with Gasteiger partial charge in [-0.15, -0.1) is 0 Å². The average molecular weight is 279 g/mol. The Kier molecular flexibility index (Phi) is 5.00. The molecule has 0 saturated carbocycles. The Labute approximate surface area is 120 Å². The first-order chi connectivity index (χ1) is 9.61. The fraction of sp³-hybridized carbons (Fsp3) is 0.714. The molecule has 0 aliphatic carbocycles. The second kappa shape index (κ2) is 6.74. The normalized spacial score (nSPS) is 16.7. The molecule has 0 unspecified atom stereocenters. The van der Waals surface area contributed by atoms with Crippen LogP contribution in [0.25, 0.3) is 0 Å². The minimum atomic E-state index is 0.493. The summed E-state index contributed by atoms with van der Waals surface area (Å²) in [7, 11) is 4.26. The highest BCUT2D eigenvalue weighted by molar-refractivity contribution is 5.67. The van der Waals surface area contributed by atoms with Crippen molar-refractivity contribution < 1.29 is 4.74 Å². The second-order valence-corrected chi connectivity index (χ2v) is 5.54. The van der Waals surface area contributed by atoms with Crippen molar-refractivity contribution in [2.24, 2.45) is 5.92 Å². The Morgan fingerprint density at radius 3 is 2.65 bits per heavy atom. The quantitative estimate of drug-likeness (QED) is 0.874. The van der Waals surface area contributed by atoms with Gasteiger partial charge < -0.3 is 20.3 Å². The third-order valence-corrected chi connectivity index (χ3v) is 3.64. The molecular weight excluding hydrogens is 254 g/mol. The van der Waals surface area contributed by atoms with Crippen molar-refractivity contribution in [1.82, 2.24) is 14.9 Å². The van der Waals surface area contributed by atoms with Gasteiger partial charge in [-0.25, -0.2) is 4.98 Å². The molecule has 6 heteroatoms. The van der Waals surface area contributed by atoms with Crippen molar-refractivity contribution >= 4 is 11.5 Å². The SMILES string of the molecule is CCOc1ncnc(N2CCC(CN(C)C)CC2)c1N. The summed E-state index contributed by atoms with van der Waals surface area (Å²) >= 11 is 0. The lowest BCUT2D eigenvalue weighted by atomic mass is 9.96. The van der Waals surface area contributed by atoms with Gasteiger partial charge in [0.2, 0.25) is 5.88 Å². The second-order valence-electron chi connectivity index (χ2n) is 5.54. The molecular formula is C14H25N5O. The van der Waals surface area contributed by atoms with Gasteiger partial charge in [0.25, 0.3) is 0 Å². The largest absolute Gasteiger partial charge is 0.476 e. The Morgan fingerprint density at radius 1 is 1.35 bits per heavy atom. The van der Waals surface area contributed by atoms with Crippen LogP contribution in [0.15, 0.2) is 6.33 Å². The lowest BCUT2D eigenvalue weighted by Crippen LogP contribution is -2.38. The molecule has 20 heavy (non-hydrogen) atoms. The van der Waals surface area contributed by atoms with Gasteiger partial charge in [-0.2, -0.15) is 4.98 Å². The molecule has 2 heterocycles. The summed E-state index contributed by atoms with van der Waals surface area (Å²) < 4.78 is 5.43. The molecule has 1 aromatic heterocycles. The van der Waals surface area contributed by atoms with Gasteiger partial charge in [0.05, 0.1) is 6.61 Å². The van der Waals surface area contributed by atoms with Crippen LogP contribution in [0.1, 0.15) is 19.8 Å². The highest BCUT2D eigenvalue weighted by Gasteiger charge is 2.23. The molecule has 112 valence electrons. The number of rotatable bonds is 5. The Bertz CT molecular complexity index is 430. The molecule has 0 amide bonds. The standard InChI is InChI=1S/C14H25N5O/c1-4-20-14-12(15)13(16-10-17-14)19-7-5-11(6-8-19)9-18(2)3/h10-11H,4-9,15H2,1-3H3. The summed E-state index contributed by atoms with van der Waals surface area (Å²) in [5.41, 5.74) is 6.67. The van der Waals surface area contributed by atoms with E-state index in [0.29, 0.717) is 18.2 Å². The van der Waals surface area contributed by atoms with Crippen molar-refractivity contribution in [3.63, 3.8) is 0 Å². The minimum absolute atomic E-state index is 0.493. The average Bonchev–Trinajstić information content (AvgIpc) is 2.42. The highest BCUT2D eigenvalue weighted by atomic mass is 16.5. The summed E-state index contributed by atoms with van der Waals surface area (Å²) in [6.45, 7) is 5.62. The van der Waals surface area contributed by atoms with Crippen molar-refractivity contribution in [2.75, 3.05) is 51.0 Å². The van der Waals surface area contributed by atoms with Gasteiger partial charge in [-0.3, -0.25) is 0 Å². The summed E-state index contributed by atoms with van der Waals surface area (Å²) in [5.74, 6) is 2.07. The van der Waals surface area contributed by atoms with Crippen LogP contribution in [0.3, 0.4) is 0 Å². The van der Waals surface area contributed by atoms with Gasteiger partial charge in [0.15, 0.2) is 5.82 Å². The molecule has 0 aromatic carbocycles. The molecule has 0 radical (unpaired) electrons. The van der Waals surface area contributed by atoms with Gasteiger partial charge >= 0.3 is 0 Å². The van der Waals surface area contributed by atoms with E-state index in [1.165, 1.54) is 19.2 Å². The number of ether oxygens (including phenoxy) is 1. The van der Waals surface area contributed by atoms with E-state index in [0.717, 1.165) is 31.4 Å². The topological polar surface area (TPSA) is 67.5 Å². The van der Waals surface area contributed by atoms with E-state index in [2.05, 4.69) is 33.9 Å². The molecule has 0 bridgehead atoms. The monoisotopic (exact) mass is 279 g/mol. The van der Waals surface area contributed by atoms with Crippen LogP contribution in [0, 0.1) is 5.92 Å². The smallest absolute Gasteiger partial charge is 0.242 e. The first-order valence-corrected chi connectivity index (χ1v) is 7.24. The van der Waals surface area contributed by atoms with E-state index in [-0.39, 0.29) is 0 Å². The summed E-state index contributed by atoms with van der Waals surface area (Å²) in [6, 6.07) is 0. The van der Waals surface area contributed by atoms with Crippen molar-refractivity contribution in [3.8, 4) is 5.88 Å². The maximum Gasteiger partial charge on any atom is 0.242 e. The van der Waals surface area contributed by atoms with Crippen LogP contribution < -0.4 is 15.4 Å². The van der Waals surface area contributed by atoms with Crippen LogP contribution in [0.2, 0.25) is 0 Å². The summed E-state index contributed by atoms with van der Waals surface area (Å²) in [6.07, 6.45) is 3.87. The summed E-state index contributed by atoms with van der Waals surface area (Å²) in [5, 5.41) is 0. The molecule has 1 saturated heterocycles. The third-order valence-electron chi connectivity index (χ3n) is 3.64. The fourth-order valence-corrected chi connectivity index (χ4v) is 2.72. The third kappa shape index (κ3) is 3.50. The van der Waals surface area contributed by atoms with E-state index in [9.17, 15) is 0 Å². The zero-order valence-corrected chi connectivity index (χ0v) is 12.7. The predicted octanol–water partition coefficient (Wildman–Crippen LogP) is 1.24. The zero-order chi connectivity index (χ0) is 14.5. The number of nitrogens with zero attached hydrogens (tertiary/aromatic N) is 4. The van der Waals surface area contributed by atoms with Gasteiger partial charge in [-0.05, 0) is 39.8 Å². The first-order valence-electron chi connectivity index (χ1n) is 7.24. The molecule has 1 aliphatic heterocycles. The Hall–Kier alpha value is -1.56. The van der Waals surface area contributed by atoms with Crippen LogP contribution in [0.4, 0.5) is 11.5 Å². The predicted molar refractivity (Wildman–Crippen MR) is 81.1 cm³/mol. The number of hydrogen-bond acceptors (Lipinski definition) is 6. The Morgan fingerprint density at radius 2 is 2.05 bits per heavy atom. The Balaban J connectivity index is 2.01. The highest BCUT2D eigenvalue weighted by Crippen LogP contribution is 2.30. The van der Waals surface area contributed by atoms with Crippen LogP contribution >= 0.6 is 0 Å². The maximum absolute atomic E-state index is 6.12.